The van der Waals surface area contributed by atoms with Crippen molar-refractivity contribution in [1.82, 2.24) is 15.1 Å². The second-order valence-corrected chi connectivity index (χ2v) is 18.5. The highest BCUT2D eigenvalue weighted by atomic mass is 16.7. The Morgan fingerprint density at radius 2 is 1.60 bits per heavy atom. The predicted molar refractivity (Wildman–Crippen MR) is 216 cm³/mol. The number of nitrogens with one attached hydrogen (secondary N) is 1. The Balaban J connectivity index is 2.21. The summed E-state index contributed by atoms with van der Waals surface area (Å²) in [4.78, 5) is 31.2. The van der Waals surface area contributed by atoms with E-state index in [9.17, 15) is 35.1 Å². The van der Waals surface area contributed by atoms with Gasteiger partial charge >= 0.3 is 5.97 Å². The molecular formula is C42H79N3O13. The fourth-order valence-electron chi connectivity index (χ4n) is 9.32. The highest BCUT2D eigenvalue weighted by Crippen LogP contribution is 2.40. The van der Waals surface area contributed by atoms with E-state index < -0.39 is 96.0 Å². The number of hydrogen-bond acceptors (Lipinski definition) is 15. The average molecular weight is 834 g/mol. The number of carbonyl (C=O) groups excluding carboxylic acids is 2. The summed E-state index contributed by atoms with van der Waals surface area (Å²) in [5.41, 5.74) is -4.67. The average Bonchev–Trinajstić information content (AvgIpc) is 3.14. The van der Waals surface area contributed by atoms with Gasteiger partial charge in [0, 0.05) is 44.6 Å². The van der Waals surface area contributed by atoms with Gasteiger partial charge in [0.15, 0.2) is 12.6 Å². The molecule has 0 radical (unpaired) electrons. The van der Waals surface area contributed by atoms with E-state index in [4.69, 9.17) is 28.4 Å². The Kier molecular flexibility index (Phi) is 18.4. The molecule has 3 saturated heterocycles. The van der Waals surface area contributed by atoms with E-state index in [1.807, 2.05) is 39.8 Å². The molecule has 0 aliphatic carbocycles. The maximum Gasteiger partial charge on any atom is 0.311 e. The molecule has 6 N–H and O–H groups in total. The van der Waals surface area contributed by atoms with E-state index >= 15 is 0 Å². The topological polar surface area (TPSA) is 209 Å². The van der Waals surface area contributed by atoms with E-state index in [2.05, 4.69) is 5.32 Å². The number of carbonyl (C=O) groups is 2. The Bertz CT molecular complexity index is 1310. The molecule has 0 aromatic heterocycles. The second kappa shape index (κ2) is 21.0. The summed E-state index contributed by atoms with van der Waals surface area (Å²) in [6, 6.07) is -1.11. The van der Waals surface area contributed by atoms with Crippen LogP contribution in [0.3, 0.4) is 0 Å². The van der Waals surface area contributed by atoms with Gasteiger partial charge in [-0.25, -0.2) is 0 Å². The van der Waals surface area contributed by atoms with Crippen LogP contribution in [0, 0.1) is 17.8 Å². The molecule has 1 amide bonds. The molecule has 16 nitrogen and oxygen atoms in total. The van der Waals surface area contributed by atoms with Crippen LogP contribution in [0.1, 0.15) is 108 Å². The monoisotopic (exact) mass is 834 g/mol. The molecule has 0 spiro atoms. The van der Waals surface area contributed by atoms with Crippen molar-refractivity contribution in [3.8, 4) is 0 Å². The molecule has 0 aromatic rings. The molecule has 0 aromatic carbocycles. The van der Waals surface area contributed by atoms with E-state index in [-0.39, 0.29) is 56.3 Å². The molecule has 3 rings (SSSR count). The summed E-state index contributed by atoms with van der Waals surface area (Å²) >= 11 is 0. The lowest BCUT2D eigenvalue weighted by molar-refractivity contribution is -0.318. The molecule has 18 atom stereocenters. The van der Waals surface area contributed by atoms with E-state index in [1.54, 1.807) is 53.4 Å². The molecule has 340 valence electrons. The third-order valence-corrected chi connectivity index (χ3v) is 13.0. The minimum absolute atomic E-state index is 0.0958. The highest BCUT2D eigenvalue weighted by Gasteiger charge is 2.53. The van der Waals surface area contributed by atoms with Crippen molar-refractivity contribution in [1.29, 1.82) is 0 Å². The van der Waals surface area contributed by atoms with Crippen LogP contribution in [0.5, 0.6) is 0 Å². The number of aliphatic hydroxyl groups is 5. The molecule has 16 heteroatoms. The standard InChI is InChI=1S/C42H79N3O13/c1-15-17-43-31(46)22-45-21-23(3)19-40(9,51)37(58-39-33(47)29(44(12)13)18-24(4)54-39)25(5)34(57-32-20-41(10,53-14)36(49)28(8)55-32)26(6)38(50)56-30(16-2)42(11,52)35(48)27(45)7/h23-30,32-37,39,47-49,51-52H,15-22H2,1-14H3,(H,43,46)/t23-,24-,25+,26-,27-,28+,29+,30-,32+,33-,34+,35-,36+,37-,39+,40-,41-,42-/m1/s1. The largest absolute Gasteiger partial charge is 0.459 e. The Morgan fingerprint density at radius 1 is 0.966 bits per heavy atom. The van der Waals surface area contributed by atoms with Gasteiger partial charge in [-0.15, -0.1) is 0 Å². The first-order valence-electron chi connectivity index (χ1n) is 21.4. The first-order valence-corrected chi connectivity index (χ1v) is 21.4. The zero-order valence-electron chi connectivity index (χ0n) is 37.7. The number of rotatable bonds is 11. The van der Waals surface area contributed by atoms with Gasteiger partial charge in [-0.3, -0.25) is 14.5 Å². The predicted octanol–water partition coefficient (Wildman–Crippen LogP) is 1.80. The van der Waals surface area contributed by atoms with Crippen LogP contribution in [0.4, 0.5) is 0 Å². The zero-order chi connectivity index (χ0) is 44.1. The Hall–Kier alpha value is -1.54. The summed E-state index contributed by atoms with van der Waals surface area (Å²) in [5.74, 6) is -3.21. The van der Waals surface area contributed by atoms with Gasteiger partial charge in [-0.05, 0) is 94.2 Å². The van der Waals surface area contributed by atoms with Crippen molar-refractivity contribution in [2.45, 2.75) is 199 Å². The van der Waals surface area contributed by atoms with Crippen molar-refractivity contribution in [3.63, 3.8) is 0 Å². The number of hydrogen-bond donors (Lipinski definition) is 6. The fraction of sp³-hybridized carbons (Fsp3) is 0.952. The maximum absolute atomic E-state index is 14.4. The van der Waals surface area contributed by atoms with Gasteiger partial charge < -0.3 is 64.2 Å². The third-order valence-electron chi connectivity index (χ3n) is 13.0. The molecule has 58 heavy (non-hydrogen) atoms. The molecule has 0 bridgehead atoms. The Morgan fingerprint density at radius 3 is 2.17 bits per heavy atom. The molecule has 3 aliphatic heterocycles. The molecule has 3 fully saturated rings. The lowest BCUT2D eigenvalue weighted by atomic mass is 9.77. The summed E-state index contributed by atoms with van der Waals surface area (Å²) in [6.07, 6.45) is -8.42. The number of ether oxygens (including phenoxy) is 6. The lowest BCUT2D eigenvalue weighted by Crippen LogP contribution is -2.60. The normalized spacial score (nSPS) is 45.6. The van der Waals surface area contributed by atoms with Gasteiger partial charge in [0.2, 0.25) is 5.91 Å². The molecule has 3 aliphatic rings. The summed E-state index contributed by atoms with van der Waals surface area (Å²) in [5, 5.41) is 62.0. The van der Waals surface area contributed by atoms with Gasteiger partial charge in [0.1, 0.15) is 30.0 Å². The van der Waals surface area contributed by atoms with Crippen molar-refractivity contribution in [2.24, 2.45) is 17.8 Å². The van der Waals surface area contributed by atoms with Crippen molar-refractivity contribution >= 4 is 11.9 Å². The van der Waals surface area contributed by atoms with Crippen molar-refractivity contribution < 1.29 is 63.5 Å². The second-order valence-electron chi connectivity index (χ2n) is 18.5. The van der Waals surface area contributed by atoms with Gasteiger partial charge in [-0.2, -0.15) is 0 Å². The Labute approximate surface area is 347 Å². The molecular weight excluding hydrogens is 754 g/mol. The zero-order valence-corrected chi connectivity index (χ0v) is 37.7. The first kappa shape index (κ1) is 50.8. The first-order chi connectivity index (χ1) is 26.8. The van der Waals surface area contributed by atoms with E-state index in [0.717, 1.165) is 6.42 Å². The van der Waals surface area contributed by atoms with Gasteiger partial charge in [0.05, 0.1) is 48.1 Å². The number of nitrogens with zero attached hydrogens (tertiary/aromatic N) is 2. The van der Waals surface area contributed by atoms with Crippen LogP contribution in [-0.4, -0.2) is 178 Å². The summed E-state index contributed by atoms with van der Waals surface area (Å²) in [6.45, 7) is 19.7. The van der Waals surface area contributed by atoms with E-state index in [0.29, 0.717) is 13.0 Å². The van der Waals surface area contributed by atoms with Crippen LogP contribution in [0.25, 0.3) is 0 Å². The van der Waals surface area contributed by atoms with Crippen LogP contribution >= 0.6 is 0 Å². The highest BCUT2D eigenvalue weighted by molar-refractivity contribution is 5.78. The lowest BCUT2D eigenvalue weighted by Gasteiger charge is -2.48. The van der Waals surface area contributed by atoms with Crippen molar-refractivity contribution in [2.75, 3.05) is 40.8 Å². The summed E-state index contributed by atoms with van der Waals surface area (Å²) in [7, 11) is 5.23. The summed E-state index contributed by atoms with van der Waals surface area (Å²) < 4.78 is 37.7. The fourth-order valence-corrected chi connectivity index (χ4v) is 9.32. The third kappa shape index (κ3) is 12.1. The number of likely N-dealkylation sites (N-methyl/N-ethyl adjacent to an activating group) is 1. The van der Waals surface area contributed by atoms with Crippen LogP contribution in [0.2, 0.25) is 0 Å². The van der Waals surface area contributed by atoms with Crippen LogP contribution in [0.15, 0.2) is 0 Å². The maximum atomic E-state index is 14.4. The minimum Gasteiger partial charge on any atom is -0.459 e. The van der Waals surface area contributed by atoms with Crippen LogP contribution in [-0.2, 0) is 38.0 Å². The van der Waals surface area contributed by atoms with Crippen LogP contribution < -0.4 is 5.32 Å². The minimum atomic E-state index is -1.95. The van der Waals surface area contributed by atoms with E-state index in [1.165, 1.54) is 14.0 Å². The molecule has 0 unspecified atom stereocenters. The van der Waals surface area contributed by atoms with Gasteiger partial charge in [-0.1, -0.05) is 27.7 Å². The molecule has 0 saturated carbocycles. The number of esters is 1. The smallest absolute Gasteiger partial charge is 0.311 e. The number of methoxy groups -OCH3 is 1. The van der Waals surface area contributed by atoms with Crippen molar-refractivity contribution in [3.05, 3.63) is 0 Å². The molecule has 3 heterocycles. The number of amides is 1. The van der Waals surface area contributed by atoms with Gasteiger partial charge in [0.25, 0.3) is 0 Å². The SMILES string of the molecule is CCCNC(=O)CN1C[C@H](C)C[C@@](C)(O)[C@H](O[C@@H]2O[C@H](C)C[C@H](N(C)C)[C@H]2O)[C@@H](C)[C@H](O[C@H]2C[C@@](C)(OC)[C@@H](O)[C@H](C)O2)[C@@H](C)C(=O)O[C@H](CC)[C@@](C)(O)[C@H](O)[C@H]1C. The quantitative estimate of drug-likeness (QED) is 0.164. The number of cyclic esters (lactones) is 1. The number of aliphatic hydroxyl groups excluding tert-OH is 3.